The summed E-state index contributed by atoms with van der Waals surface area (Å²) in [6.45, 7) is 2.07. The Balaban J connectivity index is 2.11. The molecule has 0 spiro atoms. The van der Waals surface area contributed by atoms with Gasteiger partial charge in [0, 0.05) is 12.5 Å². The molecular formula is C11H14N2O4. The van der Waals surface area contributed by atoms with Gasteiger partial charge in [0.1, 0.15) is 6.04 Å². The van der Waals surface area contributed by atoms with E-state index in [9.17, 15) is 9.59 Å². The Bertz CT molecular complexity index is 440. The molecule has 1 aliphatic heterocycles. The van der Waals surface area contributed by atoms with Crippen molar-refractivity contribution >= 4 is 11.9 Å². The Morgan fingerprint density at radius 3 is 3.06 bits per heavy atom. The SMILES string of the molecule is COC(=O)C1CCC(=O)N1Cc1cc(C)no1. The summed E-state index contributed by atoms with van der Waals surface area (Å²) < 4.78 is 9.72. The summed E-state index contributed by atoms with van der Waals surface area (Å²) in [7, 11) is 1.32. The maximum absolute atomic E-state index is 11.7. The van der Waals surface area contributed by atoms with E-state index in [2.05, 4.69) is 9.89 Å². The van der Waals surface area contributed by atoms with Crippen molar-refractivity contribution in [1.82, 2.24) is 10.1 Å². The number of aromatic nitrogens is 1. The predicted molar refractivity (Wildman–Crippen MR) is 56.8 cm³/mol. The summed E-state index contributed by atoms with van der Waals surface area (Å²) in [5.74, 6) is 0.133. The van der Waals surface area contributed by atoms with Gasteiger partial charge < -0.3 is 14.2 Å². The number of nitrogens with zero attached hydrogens (tertiary/aromatic N) is 2. The van der Waals surface area contributed by atoms with Crippen LogP contribution < -0.4 is 0 Å². The molecule has 0 aromatic carbocycles. The van der Waals surface area contributed by atoms with Gasteiger partial charge in [-0.3, -0.25) is 4.79 Å². The van der Waals surface area contributed by atoms with E-state index in [1.165, 1.54) is 12.0 Å². The standard InChI is InChI=1S/C11H14N2O4/c1-7-5-8(17-12-7)6-13-9(11(15)16-2)3-4-10(13)14/h5,9H,3-4,6H2,1-2H3. The number of carbonyl (C=O) groups excluding carboxylic acids is 2. The second kappa shape index (κ2) is 4.57. The Morgan fingerprint density at radius 1 is 1.71 bits per heavy atom. The van der Waals surface area contributed by atoms with Crippen LogP contribution in [-0.2, 0) is 20.9 Å². The van der Waals surface area contributed by atoms with Gasteiger partial charge in [0.05, 0.1) is 19.3 Å². The highest BCUT2D eigenvalue weighted by molar-refractivity contribution is 5.88. The fourth-order valence-corrected chi connectivity index (χ4v) is 1.97. The third-order valence-electron chi connectivity index (χ3n) is 2.80. The van der Waals surface area contributed by atoms with E-state index >= 15 is 0 Å². The van der Waals surface area contributed by atoms with Crippen LogP contribution in [0.3, 0.4) is 0 Å². The van der Waals surface area contributed by atoms with E-state index < -0.39 is 6.04 Å². The van der Waals surface area contributed by atoms with Crippen molar-refractivity contribution in [2.45, 2.75) is 32.4 Å². The molecule has 1 amide bonds. The lowest BCUT2D eigenvalue weighted by atomic mass is 10.2. The molecule has 1 unspecified atom stereocenters. The van der Waals surface area contributed by atoms with Crippen LogP contribution >= 0.6 is 0 Å². The molecule has 1 aliphatic rings. The molecule has 1 aromatic heterocycles. The molecule has 2 heterocycles. The predicted octanol–water partition coefficient (Wildman–Crippen LogP) is 0.647. The van der Waals surface area contributed by atoms with Crippen LogP contribution in [0.25, 0.3) is 0 Å². The Kier molecular flexibility index (Phi) is 3.12. The van der Waals surface area contributed by atoms with E-state index in [1.807, 2.05) is 0 Å². The number of carbonyl (C=O) groups is 2. The molecule has 92 valence electrons. The molecular weight excluding hydrogens is 224 g/mol. The van der Waals surface area contributed by atoms with Gasteiger partial charge in [-0.1, -0.05) is 5.16 Å². The van der Waals surface area contributed by atoms with Gasteiger partial charge in [0.2, 0.25) is 5.91 Å². The molecule has 6 heteroatoms. The van der Waals surface area contributed by atoms with Crippen molar-refractivity contribution in [2.24, 2.45) is 0 Å². The van der Waals surface area contributed by atoms with E-state index in [-0.39, 0.29) is 18.4 Å². The van der Waals surface area contributed by atoms with Crippen molar-refractivity contribution in [1.29, 1.82) is 0 Å². The number of hydrogen-bond donors (Lipinski definition) is 0. The van der Waals surface area contributed by atoms with E-state index in [4.69, 9.17) is 4.52 Å². The average Bonchev–Trinajstić information content (AvgIpc) is 2.87. The molecule has 0 saturated carbocycles. The molecule has 1 aromatic rings. The normalized spacial score (nSPS) is 19.8. The van der Waals surface area contributed by atoms with E-state index in [0.717, 1.165) is 5.69 Å². The summed E-state index contributed by atoms with van der Waals surface area (Å²) in [4.78, 5) is 24.7. The number of aryl methyl sites for hydroxylation is 1. The minimum Gasteiger partial charge on any atom is -0.467 e. The number of ether oxygens (including phenoxy) is 1. The lowest BCUT2D eigenvalue weighted by Gasteiger charge is -2.21. The summed E-state index contributed by atoms with van der Waals surface area (Å²) >= 11 is 0. The number of amides is 1. The molecule has 0 radical (unpaired) electrons. The lowest BCUT2D eigenvalue weighted by molar-refractivity contribution is -0.149. The monoisotopic (exact) mass is 238 g/mol. The van der Waals surface area contributed by atoms with Crippen LogP contribution in [-0.4, -0.2) is 35.1 Å². The van der Waals surface area contributed by atoms with Crippen molar-refractivity contribution in [3.05, 3.63) is 17.5 Å². The molecule has 1 fully saturated rings. The van der Waals surface area contributed by atoms with E-state index in [0.29, 0.717) is 18.6 Å². The van der Waals surface area contributed by atoms with Gasteiger partial charge in [0.25, 0.3) is 0 Å². The fraction of sp³-hybridized carbons (Fsp3) is 0.545. The third kappa shape index (κ3) is 2.30. The number of hydrogen-bond acceptors (Lipinski definition) is 5. The van der Waals surface area contributed by atoms with Crippen molar-refractivity contribution in [3.63, 3.8) is 0 Å². The Labute approximate surface area is 98.5 Å². The first-order valence-electron chi connectivity index (χ1n) is 5.41. The topological polar surface area (TPSA) is 72.6 Å². The molecule has 17 heavy (non-hydrogen) atoms. The molecule has 0 bridgehead atoms. The molecule has 2 rings (SSSR count). The second-order valence-corrected chi connectivity index (χ2v) is 4.03. The largest absolute Gasteiger partial charge is 0.467 e. The maximum atomic E-state index is 11.7. The van der Waals surface area contributed by atoms with Crippen LogP contribution in [0.1, 0.15) is 24.3 Å². The second-order valence-electron chi connectivity index (χ2n) is 4.03. The number of likely N-dealkylation sites (tertiary alicyclic amines) is 1. The highest BCUT2D eigenvalue weighted by Gasteiger charge is 2.37. The molecule has 1 saturated heterocycles. The van der Waals surface area contributed by atoms with Crippen molar-refractivity contribution in [3.8, 4) is 0 Å². The zero-order chi connectivity index (χ0) is 12.4. The highest BCUT2D eigenvalue weighted by atomic mass is 16.5. The minimum atomic E-state index is -0.502. The Morgan fingerprint density at radius 2 is 2.47 bits per heavy atom. The minimum absolute atomic E-state index is 0.0607. The zero-order valence-corrected chi connectivity index (χ0v) is 9.80. The summed E-state index contributed by atoms with van der Waals surface area (Å²) in [5, 5.41) is 3.74. The molecule has 0 aliphatic carbocycles. The first-order chi connectivity index (χ1) is 8.11. The molecule has 6 nitrogen and oxygen atoms in total. The molecule has 0 N–H and O–H groups in total. The van der Waals surface area contributed by atoms with Crippen molar-refractivity contribution in [2.75, 3.05) is 7.11 Å². The van der Waals surface area contributed by atoms with Gasteiger partial charge in [-0.05, 0) is 13.3 Å². The van der Waals surface area contributed by atoms with Crippen LogP contribution in [0.4, 0.5) is 0 Å². The molecule has 1 atom stereocenters. The van der Waals surface area contributed by atoms with Gasteiger partial charge in [0.15, 0.2) is 5.76 Å². The smallest absolute Gasteiger partial charge is 0.328 e. The van der Waals surface area contributed by atoms with Gasteiger partial charge in [-0.2, -0.15) is 0 Å². The van der Waals surface area contributed by atoms with Gasteiger partial charge in [-0.25, -0.2) is 4.79 Å². The van der Waals surface area contributed by atoms with Gasteiger partial charge >= 0.3 is 5.97 Å². The first-order valence-corrected chi connectivity index (χ1v) is 5.41. The van der Waals surface area contributed by atoms with Crippen LogP contribution in [0.2, 0.25) is 0 Å². The summed E-state index contributed by atoms with van der Waals surface area (Å²) in [5.41, 5.74) is 0.751. The zero-order valence-electron chi connectivity index (χ0n) is 9.80. The Hall–Kier alpha value is -1.85. The quantitative estimate of drug-likeness (QED) is 0.723. The fourth-order valence-electron chi connectivity index (χ4n) is 1.97. The summed E-state index contributed by atoms with van der Waals surface area (Å²) in [6.07, 6.45) is 0.867. The number of methoxy groups -OCH3 is 1. The maximum Gasteiger partial charge on any atom is 0.328 e. The number of esters is 1. The van der Waals surface area contributed by atoms with Gasteiger partial charge in [-0.15, -0.1) is 0 Å². The van der Waals surface area contributed by atoms with Crippen LogP contribution in [0.15, 0.2) is 10.6 Å². The lowest BCUT2D eigenvalue weighted by Crippen LogP contribution is -2.38. The van der Waals surface area contributed by atoms with Crippen molar-refractivity contribution < 1.29 is 18.8 Å². The highest BCUT2D eigenvalue weighted by Crippen LogP contribution is 2.22. The van der Waals surface area contributed by atoms with Crippen LogP contribution in [0, 0.1) is 6.92 Å². The van der Waals surface area contributed by atoms with Crippen LogP contribution in [0.5, 0.6) is 0 Å². The summed E-state index contributed by atoms with van der Waals surface area (Å²) in [6, 6.07) is 1.25. The third-order valence-corrected chi connectivity index (χ3v) is 2.80. The van der Waals surface area contributed by atoms with E-state index in [1.54, 1.807) is 13.0 Å². The average molecular weight is 238 g/mol. The number of rotatable bonds is 3. The first kappa shape index (κ1) is 11.6.